The first-order chi connectivity index (χ1) is 12.9. The minimum atomic E-state index is -3.49. The molecule has 0 radical (unpaired) electrons. The van der Waals surface area contributed by atoms with Gasteiger partial charge < -0.3 is 4.57 Å². The van der Waals surface area contributed by atoms with E-state index in [0.29, 0.717) is 21.5 Å². The van der Waals surface area contributed by atoms with E-state index < -0.39 is 7.14 Å². The largest absolute Gasteiger partial charge is 0.305 e. The van der Waals surface area contributed by atoms with Crippen LogP contribution in [0.2, 0.25) is 0 Å². The average Bonchev–Trinajstić information content (AvgIpc) is 2.68. The van der Waals surface area contributed by atoms with Gasteiger partial charge in [-0.15, -0.1) is 0 Å². The van der Waals surface area contributed by atoms with Gasteiger partial charge in [0.05, 0.1) is 0 Å². The molecule has 2 nitrogen and oxygen atoms in total. The highest BCUT2D eigenvalue weighted by atomic mass is 79.9. The summed E-state index contributed by atoms with van der Waals surface area (Å²) in [5.74, 6) is 0. The van der Waals surface area contributed by atoms with Crippen molar-refractivity contribution in [2.24, 2.45) is 0 Å². The molecular formula is C23H22BrO2P. The number of carbonyl (C=O) groups excluding carboxylic acids is 1. The second kappa shape index (κ2) is 7.96. The zero-order valence-corrected chi connectivity index (χ0v) is 18.2. The van der Waals surface area contributed by atoms with E-state index in [1.165, 1.54) is 0 Å². The maximum absolute atomic E-state index is 14.3. The van der Waals surface area contributed by atoms with E-state index in [9.17, 15) is 9.36 Å². The second-order valence-corrected chi connectivity index (χ2v) is 9.93. The number of hydrogen-bond acceptors (Lipinski definition) is 2. The molecule has 0 aliphatic carbocycles. The number of hydrogen-bond donors (Lipinski definition) is 0. The van der Waals surface area contributed by atoms with E-state index in [4.69, 9.17) is 0 Å². The van der Waals surface area contributed by atoms with Gasteiger partial charge in [0, 0.05) is 21.5 Å². The highest BCUT2D eigenvalue weighted by Gasteiger charge is 2.38. The fourth-order valence-electron chi connectivity index (χ4n) is 3.58. The zero-order valence-electron chi connectivity index (χ0n) is 15.7. The van der Waals surface area contributed by atoms with Crippen molar-refractivity contribution in [2.75, 3.05) is 0 Å². The Bertz CT molecular complexity index is 984. The number of carbonyl (C=O) groups is 1. The first-order valence-corrected chi connectivity index (χ1v) is 11.7. The van der Waals surface area contributed by atoms with Gasteiger partial charge in [-0.25, -0.2) is 0 Å². The van der Waals surface area contributed by atoms with Gasteiger partial charge in [-0.1, -0.05) is 82.7 Å². The Morgan fingerprint density at radius 3 is 1.78 bits per heavy atom. The number of rotatable bonds is 5. The maximum Gasteiger partial charge on any atom is 0.230 e. The molecule has 0 bridgehead atoms. The monoisotopic (exact) mass is 440 g/mol. The molecule has 4 heteroatoms. The number of alkyl halides is 1. The van der Waals surface area contributed by atoms with Crippen molar-refractivity contribution in [1.82, 2.24) is 0 Å². The Morgan fingerprint density at radius 2 is 1.33 bits per heavy atom. The van der Waals surface area contributed by atoms with Crippen molar-refractivity contribution in [3.8, 4) is 0 Å². The second-order valence-electron chi connectivity index (χ2n) is 6.71. The maximum atomic E-state index is 14.3. The Balaban J connectivity index is 2.30. The number of benzene rings is 3. The van der Waals surface area contributed by atoms with Crippen LogP contribution in [0.3, 0.4) is 0 Å². The summed E-state index contributed by atoms with van der Waals surface area (Å²) in [6.07, 6.45) is 0. The lowest BCUT2D eigenvalue weighted by atomic mass is 9.95. The number of halogens is 1. The van der Waals surface area contributed by atoms with Gasteiger partial charge in [0.2, 0.25) is 12.7 Å². The Morgan fingerprint density at radius 1 is 0.852 bits per heavy atom. The highest BCUT2D eigenvalue weighted by Crippen LogP contribution is 2.48. The topological polar surface area (TPSA) is 34.1 Å². The van der Waals surface area contributed by atoms with E-state index >= 15 is 0 Å². The summed E-state index contributed by atoms with van der Waals surface area (Å²) in [7, 11) is -3.49. The molecule has 0 amide bonds. The van der Waals surface area contributed by atoms with Crippen molar-refractivity contribution in [1.29, 1.82) is 0 Å². The fraction of sp³-hybridized carbons (Fsp3) is 0.174. The van der Waals surface area contributed by atoms with Crippen LogP contribution in [0.1, 0.15) is 32.6 Å². The van der Waals surface area contributed by atoms with Crippen molar-refractivity contribution < 1.29 is 9.36 Å². The Labute approximate surface area is 169 Å². The quantitative estimate of drug-likeness (QED) is 0.378. The van der Waals surface area contributed by atoms with Gasteiger partial charge in [-0.3, -0.25) is 4.79 Å². The van der Waals surface area contributed by atoms with Crippen molar-refractivity contribution in [3.05, 3.63) is 94.5 Å². The molecule has 3 aromatic rings. The molecule has 3 rings (SSSR count). The standard InChI is InChI=1S/C23H22BrO2P/c1-16-14-17(2)22(18(3)21(16)15-24)23(25)27(26,19-10-6-4-7-11-19)20-12-8-5-9-13-20/h4-14H,15H2,1-3H3. The van der Waals surface area contributed by atoms with Crippen LogP contribution in [0.4, 0.5) is 0 Å². The van der Waals surface area contributed by atoms with Crippen LogP contribution >= 0.6 is 23.1 Å². The van der Waals surface area contributed by atoms with Crippen LogP contribution in [0, 0.1) is 20.8 Å². The Kier molecular flexibility index (Phi) is 5.83. The molecule has 27 heavy (non-hydrogen) atoms. The third-order valence-electron chi connectivity index (χ3n) is 5.00. The lowest BCUT2D eigenvalue weighted by molar-refractivity contribution is 0.107. The summed E-state index contributed by atoms with van der Waals surface area (Å²) in [5.41, 5.74) is 4.26. The summed E-state index contributed by atoms with van der Waals surface area (Å²) in [5, 5.41) is 1.80. The SMILES string of the molecule is Cc1cc(C)c(C(=O)P(=O)(c2ccccc2)c2ccccc2)c(C)c1CBr. The van der Waals surface area contributed by atoms with E-state index in [-0.39, 0.29) is 5.52 Å². The molecule has 0 unspecified atom stereocenters. The molecule has 0 saturated carbocycles. The molecule has 0 N–H and O–H groups in total. The predicted molar refractivity (Wildman–Crippen MR) is 117 cm³/mol. The minimum absolute atomic E-state index is 0.294. The van der Waals surface area contributed by atoms with Crippen molar-refractivity contribution in [2.45, 2.75) is 26.1 Å². The van der Waals surface area contributed by atoms with Gasteiger partial charge in [-0.05, 0) is 43.0 Å². The zero-order chi connectivity index (χ0) is 19.6. The fourth-order valence-corrected chi connectivity index (χ4v) is 7.05. The molecule has 0 spiro atoms. The summed E-state index contributed by atoms with van der Waals surface area (Å²) >= 11 is 3.53. The van der Waals surface area contributed by atoms with Gasteiger partial charge in [0.25, 0.3) is 0 Å². The Hall–Kier alpha value is -1.96. The molecule has 0 saturated heterocycles. The third-order valence-corrected chi connectivity index (χ3v) is 8.41. The smallest absolute Gasteiger partial charge is 0.230 e. The summed E-state index contributed by atoms with van der Waals surface area (Å²) in [4.78, 5) is 13.8. The highest BCUT2D eigenvalue weighted by molar-refractivity contribution is 9.08. The van der Waals surface area contributed by atoms with Crippen LogP contribution < -0.4 is 10.6 Å². The molecule has 0 aliphatic heterocycles. The lowest BCUT2D eigenvalue weighted by Crippen LogP contribution is -2.24. The van der Waals surface area contributed by atoms with E-state index in [1.807, 2.05) is 63.2 Å². The molecule has 0 aromatic heterocycles. The van der Waals surface area contributed by atoms with Crippen LogP contribution in [0.5, 0.6) is 0 Å². The summed E-state index contributed by atoms with van der Waals surface area (Å²) in [6.45, 7) is 5.91. The molecular weight excluding hydrogens is 419 g/mol. The summed E-state index contributed by atoms with van der Waals surface area (Å²) < 4.78 is 14.3. The van der Waals surface area contributed by atoms with Gasteiger partial charge in [-0.2, -0.15) is 0 Å². The first-order valence-electron chi connectivity index (χ1n) is 8.83. The molecule has 0 atom stereocenters. The predicted octanol–water partition coefficient (Wildman–Crippen LogP) is 5.66. The molecule has 0 heterocycles. The van der Waals surface area contributed by atoms with Gasteiger partial charge in [0.15, 0.2) is 0 Å². The first kappa shape index (κ1) is 19.8. The van der Waals surface area contributed by atoms with Gasteiger partial charge in [0.1, 0.15) is 0 Å². The number of aryl methyl sites for hydroxylation is 2. The van der Waals surface area contributed by atoms with Crippen LogP contribution in [0.25, 0.3) is 0 Å². The van der Waals surface area contributed by atoms with E-state index in [2.05, 4.69) is 15.9 Å². The van der Waals surface area contributed by atoms with Gasteiger partial charge >= 0.3 is 0 Å². The summed E-state index contributed by atoms with van der Waals surface area (Å²) in [6, 6.07) is 20.2. The normalized spacial score (nSPS) is 11.4. The van der Waals surface area contributed by atoms with Crippen LogP contribution in [-0.4, -0.2) is 5.52 Å². The molecule has 0 aliphatic rings. The van der Waals surface area contributed by atoms with E-state index in [0.717, 1.165) is 22.3 Å². The van der Waals surface area contributed by atoms with E-state index in [1.54, 1.807) is 24.3 Å². The van der Waals surface area contributed by atoms with Crippen molar-refractivity contribution in [3.63, 3.8) is 0 Å². The molecule has 3 aromatic carbocycles. The third kappa shape index (κ3) is 3.47. The molecule has 138 valence electrons. The van der Waals surface area contributed by atoms with Crippen LogP contribution in [0.15, 0.2) is 66.7 Å². The van der Waals surface area contributed by atoms with Crippen molar-refractivity contribution >= 4 is 39.2 Å². The lowest BCUT2D eigenvalue weighted by Gasteiger charge is -2.22. The minimum Gasteiger partial charge on any atom is -0.305 e. The molecule has 0 fully saturated rings. The average molecular weight is 441 g/mol. The van der Waals surface area contributed by atoms with Crippen LogP contribution in [-0.2, 0) is 9.90 Å².